The van der Waals surface area contributed by atoms with E-state index in [-0.39, 0.29) is 29.8 Å². The molecule has 0 atom stereocenters. The molecule has 1 saturated heterocycles. The Morgan fingerprint density at radius 3 is 2.26 bits per heavy atom. The predicted molar refractivity (Wildman–Crippen MR) is 131 cm³/mol. The Bertz CT molecular complexity index is 1140. The van der Waals surface area contributed by atoms with Crippen LogP contribution >= 0.6 is 0 Å². The first-order chi connectivity index (χ1) is 15.8. The highest BCUT2D eigenvalue weighted by Gasteiger charge is 2.57. The number of carbonyl (C=O) groups is 1. The number of hydrogen-bond acceptors (Lipinski definition) is 5. The molecule has 0 radical (unpaired) electrons. The largest absolute Gasteiger partial charge is 0.597 e. The summed E-state index contributed by atoms with van der Waals surface area (Å²) >= 11 is 0. The predicted octanol–water partition coefficient (Wildman–Crippen LogP) is 4.30. The number of nitrogens with one attached hydrogen (secondary N) is 1. The van der Waals surface area contributed by atoms with Crippen molar-refractivity contribution in [3.8, 4) is 11.3 Å². The van der Waals surface area contributed by atoms with Crippen molar-refractivity contribution in [2.24, 2.45) is 5.41 Å². The number of benzene rings is 1. The highest BCUT2D eigenvalue weighted by molar-refractivity contribution is 6.62. The van der Waals surface area contributed by atoms with Gasteiger partial charge in [-0.3, -0.25) is 0 Å². The van der Waals surface area contributed by atoms with Crippen LogP contribution in [0.5, 0.6) is 0 Å². The van der Waals surface area contributed by atoms with E-state index in [0.29, 0.717) is 6.54 Å². The van der Waals surface area contributed by atoms with Gasteiger partial charge in [0.2, 0.25) is 5.71 Å². The Morgan fingerprint density at radius 2 is 1.71 bits per heavy atom. The van der Waals surface area contributed by atoms with Gasteiger partial charge in [-0.25, -0.2) is 4.98 Å². The van der Waals surface area contributed by atoms with Gasteiger partial charge in [0.05, 0.1) is 23.1 Å². The van der Waals surface area contributed by atoms with Gasteiger partial charge in [0.1, 0.15) is 5.60 Å². The molecule has 3 heterocycles. The van der Waals surface area contributed by atoms with Crippen molar-refractivity contribution in [3.05, 3.63) is 36.3 Å². The van der Waals surface area contributed by atoms with Crippen LogP contribution in [-0.4, -0.2) is 56.8 Å². The van der Waals surface area contributed by atoms with Crippen molar-refractivity contribution < 1.29 is 23.4 Å². The van der Waals surface area contributed by atoms with E-state index < -0.39 is 5.60 Å². The third kappa shape index (κ3) is 4.22. The summed E-state index contributed by atoms with van der Waals surface area (Å²) in [6.45, 7) is 14.6. The fourth-order valence-electron chi connectivity index (χ4n) is 4.57. The first-order valence-corrected chi connectivity index (χ1v) is 12.2. The molecule has 1 amide bonds. The summed E-state index contributed by atoms with van der Waals surface area (Å²) in [7, 11) is -0.387. The summed E-state index contributed by atoms with van der Waals surface area (Å²) in [6.07, 6.45) is 4.67. The lowest BCUT2D eigenvalue weighted by molar-refractivity contribution is -0.449. The molecule has 2 aromatic rings. The van der Waals surface area contributed by atoms with E-state index in [4.69, 9.17) is 14.0 Å². The number of hydrogen-bond donors (Lipinski definition) is 1. The minimum absolute atomic E-state index is 0.198. The molecule has 2 fully saturated rings. The molecule has 8 heteroatoms. The lowest BCUT2D eigenvalue weighted by atomic mass is 9.79. The summed E-state index contributed by atoms with van der Waals surface area (Å²) in [4.78, 5) is 21.0. The molecule has 5 rings (SSSR count). The number of nitrogens with zero attached hydrogens (tertiary/aromatic N) is 2. The van der Waals surface area contributed by atoms with Gasteiger partial charge in [-0.05, 0) is 72.3 Å². The van der Waals surface area contributed by atoms with Crippen molar-refractivity contribution in [1.29, 1.82) is 0 Å². The van der Waals surface area contributed by atoms with Crippen molar-refractivity contribution >= 4 is 24.4 Å². The average Bonchev–Trinajstić information content (AvgIpc) is 3.06. The SMILES string of the molecule is CC(C)(C)OC(=O)[N+]1=C(c2ncc(-c3ccc(B4OC(C)(C)C(C)(C)O4)cc3)[nH]2)CC2(CC2)C1. The summed E-state index contributed by atoms with van der Waals surface area (Å²) < 4.78 is 19.8. The average molecular weight is 464 g/mol. The second kappa shape index (κ2) is 7.52. The summed E-state index contributed by atoms with van der Waals surface area (Å²) in [5, 5.41) is 0. The number of ether oxygens (including phenoxy) is 1. The van der Waals surface area contributed by atoms with Crippen LogP contribution in [0.25, 0.3) is 11.3 Å². The van der Waals surface area contributed by atoms with Crippen LogP contribution < -0.4 is 5.46 Å². The topological polar surface area (TPSA) is 76.5 Å². The molecule has 2 aliphatic heterocycles. The van der Waals surface area contributed by atoms with Crippen LogP contribution in [0.3, 0.4) is 0 Å². The molecule has 1 saturated carbocycles. The Labute approximate surface area is 202 Å². The fourth-order valence-corrected chi connectivity index (χ4v) is 4.57. The molecule has 0 unspecified atom stereocenters. The molecular formula is C26H35BN3O4+. The zero-order chi connectivity index (χ0) is 24.5. The monoisotopic (exact) mass is 464 g/mol. The van der Waals surface area contributed by atoms with Crippen LogP contribution in [-0.2, 0) is 14.0 Å². The molecule has 0 bridgehead atoms. The first kappa shape index (κ1) is 23.3. The highest BCUT2D eigenvalue weighted by Crippen LogP contribution is 2.52. The third-order valence-corrected chi connectivity index (χ3v) is 7.53. The Balaban J connectivity index is 1.37. The number of aromatic nitrogens is 2. The zero-order valence-corrected chi connectivity index (χ0v) is 21.3. The molecule has 7 nitrogen and oxygen atoms in total. The minimum Gasteiger partial charge on any atom is -0.406 e. The first-order valence-electron chi connectivity index (χ1n) is 12.2. The Kier molecular flexibility index (Phi) is 5.16. The van der Waals surface area contributed by atoms with Gasteiger partial charge in [-0.15, -0.1) is 4.58 Å². The van der Waals surface area contributed by atoms with Crippen LogP contribution in [0, 0.1) is 5.41 Å². The lowest BCUT2D eigenvalue weighted by Gasteiger charge is -2.32. The van der Waals surface area contributed by atoms with Crippen LogP contribution in [0.15, 0.2) is 30.5 Å². The molecule has 1 N–H and O–H groups in total. The standard InChI is InChI=1S/C26H34BN3O4/c1-23(2,3)32-22(31)30-16-26(12-13-26)14-20(30)21-28-15-19(29-21)17-8-10-18(11-9-17)27-33-24(4,5)25(6,7)34-27/h8-11,15H,12-14,16H2,1-7H3/p+1. The smallest absolute Gasteiger partial charge is 0.406 e. The lowest BCUT2D eigenvalue weighted by Crippen LogP contribution is -2.41. The second-order valence-electron chi connectivity index (χ2n) is 12.0. The molecule has 1 aliphatic carbocycles. The minimum atomic E-state index is -0.533. The quantitative estimate of drug-likeness (QED) is 0.542. The van der Waals surface area contributed by atoms with Gasteiger partial charge in [0, 0.05) is 11.8 Å². The van der Waals surface area contributed by atoms with E-state index in [1.165, 1.54) is 0 Å². The van der Waals surface area contributed by atoms with Gasteiger partial charge in [-0.2, -0.15) is 4.79 Å². The summed E-state index contributed by atoms with van der Waals surface area (Å²) in [5.41, 5.74) is 2.76. The molecule has 180 valence electrons. The molecule has 1 aromatic heterocycles. The Morgan fingerprint density at radius 1 is 1.09 bits per heavy atom. The van der Waals surface area contributed by atoms with Gasteiger partial charge in [-0.1, -0.05) is 24.3 Å². The van der Waals surface area contributed by atoms with Gasteiger partial charge >= 0.3 is 13.2 Å². The van der Waals surface area contributed by atoms with Crippen molar-refractivity contribution in [2.45, 2.75) is 84.5 Å². The van der Waals surface area contributed by atoms with E-state index in [9.17, 15) is 4.79 Å². The van der Waals surface area contributed by atoms with Crippen LogP contribution in [0.1, 0.15) is 73.6 Å². The van der Waals surface area contributed by atoms with E-state index in [2.05, 4.69) is 37.7 Å². The van der Waals surface area contributed by atoms with Crippen molar-refractivity contribution in [2.75, 3.05) is 6.54 Å². The van der Waals surface area contributed by atoms with E-state index in [0.717, 1.165) is 47.5 Å². The zero-order valence-electron chi connectivity index (χ0n) is 21.3. The fraction of sp³-hybridized carbons (Fsp3) is 0.577. The summed E-state index contributed by atoms with van der Waals surface area (Å²) in [6, 6.07) is 8.16. The maximum atomic E-state index is 12.9. The van der Waals surface area contributed by atoms with E-state index >= 15 is 0 Å². The molecule has 34 heavy (non-hydrogen) atoms. The Hall–Kier alpha value is -2.45. The molecule has 1 spiro atoms. The second-order valence-corrected chi connectivity index (χ2v) is 12.0. The maximum Gasteiger partial charge on any atom is 0.597 e. The third-order valence-electron chi connectivity index (χ3n) is 7.53. The molecular weight excluding hydrogens is 429 g/mol. The number of H-pyrrole nitrogens is 1. The number of carbonyl (C=O) groups excluding carboxylic acids is 1. The van der Waals surface area contributed by atoms with Gasteiger partial charge in [0.15, 0.2) is 12.4 Å². The van der Waals surface area contributed by atoms with Gasteiger partial charge in [0.25, 0.3) is 0 Å². The normalized spacial score (nSPS) is 22.5. The number of rotatable bonds is 3. The maximum absolute atomic E-state index is 12.9. The number of aromatic amines is 1. The van der Waals surface area contributed by atoms with E-state index in [1.807, 2.05) is 51.2 Å². The van der Waals surface area contributed by atoms with E-state index in [1.54, 1.807) is 4.58 Å². The number of imidazole rings is 1. The van der Waals surface area contributed by atoms with Crippen LogP contribution in [0.2, 0.25) is 0 Å². The highest BCUT2D eigenvalue weighted by atomic mass is 16.7. The summed E-state index contributed by atoms with van der Waals surface area (Å²) in [5.74, 6) is 0.736. The number of amides is 1. The molecule has 1 aromatic carbocycles. The van der Waals surface area contributed by atoms with Gasteiger partial charge < -0.3 is 19.0 Å². The molecule has 3 aliphatic rings. The van der Waals surface area contributed by atoms with Crippen molar-refractivity contribution in [3.63, 3.8) is 0 Å². The van der Waals surface area contributed by atoms with Crippen molar-refractivity contribution in [1.82, 2.24) is 9.97 Å². The van der Waals surface area contributed by atoms with Crippen LogP contribution in [0.4, 0.5) is 4.79 Å².